The molecule has 1 aromatic heterocycles. The van der Waals surface area contributed by atoms with E-state index >= 15 is 0 Å². The Balaban J connectivity index is 1.92. The van der Waals surface area contributed by atoms with Gasteiger partial charge in [-0.2, -0.15) is 0 Å². The maximum Gasteiger partial charge on any atom is 0.0570 e. The molecule has 1 heterocycles. The second-order valence-electron chi connectivity index (χ2n) is 3.77. The molecule has 1 aromatic rings. The Kier molecular flexibility index (Phi) is 2.60. The number of pyridine rings is 1. The van der Waals surface area contributed by atoms with Crippen molar-refractivity contribution < 1.29 is 0 Å². The van der Waals surface area contributed by atoms with Gasteiger partial charge in [0, 0.05) is 18.3 Å². The summed E-state index contributed by atoms with van der Waals surface area (Å²) in [5, 5.41) is 3.57. The van der Waals surface area contributed by atoms with Crippen LogP contribution in [0.2, 0.25) is 0 Å². The third-order valence-electron chi connectivity index (χ3n) is 2.72. The highest BCUT2D eigenvalue weighted by molar-refractivity contribution is 5.08. The standard InChI is InChI=1S/C11H16N2/c1-9(13-10-5-4-6-10)11-7-2-3-8-12-11/h2-3,7-10,13H,4-6H2,1H3/t9-/m0/s1. The molecule has 0 aromatic carbocycles. The van der Waals surface area contributed by atoms with E-state index in [0.29, 0.717) is 6.04 Å². The summed E-state index contributed by atoms with van der Waals surface area (Å²) >= 11 is 0. The molecule has 0 saturated heterocycles. The first-order chi connectivity index (χ1) is 6.36. The molecule has 1 aliphatic rings. The average molecular weight is 176 g/mol. The van der Waals surface area contributed by atoms with E-state index in [1.807, 2.05) is 18.3 Å². The smallest absolute Gasteiger partial charge is 0.0570 e. The van der Waals surface area contributed by atoms with Crippen LogP contribution in [0.1, 0.15) is 37.9 Å². The molecule has 2 nitrogen and oxygen atoms in total. The maximum atomic E-state index is 4.33. The lowest BCUT2D eigenvalue weighted by molar-refractivity contribution is 0.311. The minimum atomic E-state index is 0.395. The Morgan fingerprint density at radius 3 is 2.85 bits per heavy atom. The topological polar surface area (TPSA) is 24.9 Å². The molecule has 1 atom stereocenters. The van der Waals surface area contributed by atoms with Crippen LogP contribution in [0.5, 0.6) is 0 Å². The Morgan fingerprint density at radius 1 is 1.46 bits per heavy atom. The molecule has 0 radical (unpaired) electrons. The Labute approximate surface area is 79.4 Å². The van der Waals surface area contributed by atoms with E-state index in [-0.39, 0.29) is 0 Å². The minimum absolute atomic E-state index is 0.395. The normalized spacial score (nSPS) is 19.5. The van der Waals surface area contributed by atoms with E-state index in [0.717, 1.165) is 11.7 Å². The van der Waals surface area contributed by atoms with Gasteiger partial charge in [-0.05, 0) is 31.9 Å². The fourth-order valence-electron chi connectivity index (χ4n) is 1.65. The van der Waals surface area contributed by atoms with Gasteiger partial charge in [-0.3, -0.25) is 4.98 Å². The van der Waals surface area contributed by atoms with Gasteiger partial charge in [0.1, 0.15) is 0 Å². The third-order valence-corrected chi connectivity index (χ3v) is 2.72. The van der Waals surface area contributed by atoms with Gasteiger partial charge in [0.05, 0.1) is 5.69 Å². The summed E-state index contributed by atoms with van der Waals surface area (Å²) in [5.41, 5.74) is 1.15. The van der Waals surface area contributed by atoms with Gasteiger partial charge in [-0.25, -0.2) is 0 Å². The van der Waals surface area contributed by atoms with Crippen LogP contribution in [0.25, 0.3) is 0 Å². The van der Waals surface area contributed by atoms with E-state index in [1.54, 1.807) is 0 Å². The minimum Gasteiger partial charge on any atom is -0.306 e. The van der Waals surface area contributed by atoms with Crippen molar-refractivity contribution in [1.29, 1.82) is 0 Å². The predicted octanol–water partition coefficient (Wildman–Crippen LogP) is 2.28. The van der Waals surface area contributed by atoms with Gasteiger partial charge >= 0.3 is 0 Å². The molecule has 0 unspecified atom stereocenters. The number of nitrogens with zero attached hydrogens (tertiary/aromatic N) is 1. The highest BCUT2D eigenvalue weighted by atomic mass is 15.0. The van der Waals surface area contributed by atoms with E-state index in [9.17, 15) is 0 Å². The highest BCUT2D eigenvalue weighted by Gasteiger charge is 2.19. The Morgan fingerprint density at radius 2 is 2.31 bits per heavy atom. The zero-order valence-electron chi connectivity index (χ0n) is 8.03. The molecule has 0 aliphatic heterocycles. The maximum absolute atomic E-state index is 4.33. The van der Waals surface area contributed by atoms with Crippen LogP contribution in [0.3, 0.4) is 0 Å². The van der Waals surface area contributed by atoms with E-state index in [1.165, 1.54) is 19.3 Å². The quantitative estimate of drug-likeness (QED) is 0.764. The SMILES string of the molecule is C[C@H](NC1CCC1)c1ccccn1. The molecule has 2 heteroatoms. The lowest BCUT2D eigenvalue weighted by Crippen LogP contribution is -2.37. The molecule has 1 N–H and O–H groups in total. The Bertz CT molecular complexity index is 254. The lowest BCUT2D eigenvalue weighted by atomic mass is 9.92. The van der Waals surface area contributed by atoms with Crippen LogP contribution in [-0.4, -0.2) is 11.0 Å². The fourth-order valence-corrected chi connectivity index (χ4v) is 1.65. The van der Waals surface area contributed by atoms with Crippen LogP contribution < -0.4 is 5.32 Å². The number of nitrogens with one attached hydrogen (secondary N) is 1. The summed E-state index contributed by atoms with van der Waals surface area (Å²) in [4.78, 5) is 4.33. The second kappa shape index (κ2) is 3.88. The van der Waals surface area contributed by atoms with Crippen LogP contribution in [0, 0.1) is 0 Å². The Hall–Kier alpha value is -0.890. The van der Waals surface area contributed by atoms with Crippen molar-refractivity contribution in [3.63, 3.8) is 0 Å². The molecule has 2 rings (SSSR count). The highest BCUT2D eigenvalue weighted by Crippen LogP contribution is 2.21. The number of aromatic nitrogens is 1. The third kappa shape index (κ3) is 2.07. The first kappa shape index (κ1) is 8.70. The number of rotatable bonds is 3. The monoisotopic (exact) mass is 176 g/mol. The van der Waals surface area contributed by atoms with Gasteiger partial charge in [0.15, 0.2) is 0 Å². The van der Waals surface area contributed by atoms with E-state index in [4.69, 9.17) is 0 Å². The van der Waals surface area contributed by atoms with Crippen molar-refractivity contribution in [3.8, 4) is 0 Å². The number of hydrogen-bond donors (Lipinski definition) is 1. The van der Waals surface area contributed by atoms with Crippen molar-refractivity contribution in [2.24, 2.45) is 0 Å². The van der Waals surface area contributed by atoms with E-state index in [2.05, 4.69) is 23.3 Å². The predicted molar refractivity (Wildman–Crippen MR) is 53.4 cm³/mol. The molecule has 0 bridgehead atoms. The first-order valence-electron chi connectivity index (χ1n) is 5.03. The van der Waals surface area contributed by atoms with Crippen molar-refractivity contribution in [3.05, 3.63) is 30.1 Å². The molecule has 0 amide bonds. The lowest BCUT2D eigenvalue weighted by Gasteiger charge is -2.29. The second-order valence-corrected chi connectivity index (χ2v) is 3.77. The van der Waals surface area contributed by atoms with Crippen LogP contribution in [0.15, 0.2) is 24.4 Å². The van der Waals surface area contributed by atoms with Crippen molar-refractivity contribution >= 4 is 0 Å². The average Bonchev–Trinajstić information content (AvgIpc) is 2.12. The van der Waals surface area contributed by atoms with Crippen molar-refractivity contribution in [2.75, 3.05) is 0 Å². The van der Waals surface area contributed by atoms with Gasteiger partial charge < -0.3 is 5.32 Å². The molecular weight excluding hydrogens is 160 g/mol. The first-order valence-corrected chi connectivity index (χ1v) is 5.03. The van der Waals surface area contributed by atoms with Crippen LogP contribution in [0.4, 0.5) is 0 Å². The number of hydrogen-bond acceptors (Lipinski definition) is 2. The van der Waals surface area contributed by atoms with Gasteiger partial charge in [0.2, 0.25) is 0 Å². The van der Waals surface area contributed by atoms with E-state index < -0.39 is 0 Å². The molecule has 1 aliphatic carbocycles. The molecule has 70 valence electrons. The molecule has 0 spiro atoms. The molecule has 13 heavy (non-hydrogen) atoms. The summed E-state index contributed by atoms with van der Waals surface area (Å²) in [6, 6.07) is 7.21. The van der Waals surface area contributed by atoms with Crippen LogP contribution in [-0.2, 0) is 0 Å². The van der Waals surface area contributed by atoms with Crippen molar-refractivity contribution in [2.45, 2.75) is 38.3 Å². The summed E-state index contributed by atoms with van der Waals surface area (Å²) in [6.07, 6.45) is 5.90. The summed E-state index contributed by atoms with van der Waals surface area (Å²) in [7, 11) is 0. The fraction of sp³-hybridized carbons (Fsp3) is 0.545. The zero-order valence-corrected chi connectivity index (χ0v) is 8.03. The summed E-state index contributed by atoms with van der Waals surface area (Å²) < 4.78 is 0. The molecular formula is C11H16N2. The van der Waals surface area contributed by atoms with Crippen LogP contribution >= 0.6 is 0 Å². The molecule has 1 saturated carbocycles. The molecule has 1 fully saturated rings. The van der Waals surface area contributed by atoms with Gasteiger partial charge in [-0.15, -0.1) is 0 Å². The summed E-state index contributed by atoms with van der Waals surface area (Å²) in [6.45, 7) is 2.18. The van der Waals surface area contributed by atoms with Gasteiger partial charge in [0.25, 0.3) is 0 Å². The summed E-state index contributed by atoms with van der Waals surface area (Å²) in [5.74, 6) is 0. The van der Waals surface area contributed by atoms with Gasteiger partial charge in [-0.1, -0.05) is 12.5 Å². The largest absolute Gasteiger partial charge is 0.306 e. The zero-order chi connectivity index (χ0) is 9.10. The van der Waals surface area contributed by atoms with Crippen molar-refractivity contribution in [1.82, 2.24) is 10.3 Å².